The highest BCUT2D eigenvalue weighted by molar-refractivity contribution is 6.09. The van der Waals surface area contributed by atoms with Gasteiger partial charge in [-0.3, -0.25) is 14.3 Å². The molecule has 4 heterocycles. The maximum Gasteiger partial charge on any atom is 0.259 e. The molecule has 1 saturated heterocycles. The van der Waals surface area contributed by atoms with E-state index in [-0.39, 0.29) is 29.4 Å². The molecule has 0 bridgehead atoms. The molecule has 3 aromatic heterocycles. The van der Waals surface area contributed by atoms with Gasteiger partial charge in [0.05, 0.1) is 29.4 Å². The minimum atomic E-state index is -0.260. The van der Waals surface area contributed by atoms with Crippen LogP contribution in [-0.4, -0.2) is 60.3 Å². The number of nitrogens with one attached hydrogen (secondary N) is 1. The Morgan fingerprint density at radius 1 is 1.18 bits per heavy atom. The second-order valence-corrected chi connectivity index (χ2v) is 11.4. The van der Waals surface area contributed by atoms with Gasteiger partial charge < -0.3 is 15.0 Å². The smallest absolute Gasteiger partial charge is 0.259 e. The molecule has 2 aliphatic carbocycles. The molecule has 1 N–H and O–H groups in total. The van der Waals surface area contributed by atoms with Crippen molar-refractivity contribution in [3.8, 4) is 5.75 Å². The Bertz CT molecular complexity index is 1560. The maximum atomic E-state index is 13.5. The minimum absolute atomic E-state index is 0.145. The molecule has 1 aliphatic heterocycles. The normalized spacial score (nSPS) is 22.5. The van der Waals surface area contributed by atoms with Crippen molar-refractivity contribution >= 4 is 34.1 Å². The molecular weight excluding hydrogens is 482 g/mol. The summed E-state index contributed by atoms with van der Waals surface area (Å²) in [5.74, 6) is 0.913. The van der Waals surface area contributed by atoms with Crippen molar-refractivity contribution in [2.24, 2.45) is 11.3 Å². The number of anilines is 1. The van der Waals surface area contributed by atoms with Crippen LogP contribution in [0, 0.1) is 11.3 Å². The Hall–Kier alpha value is -3.95. The summed E-state index contributed by atoms with van der Waals surface area (Å²) in [6.45, 7) is 5.70. The molecule has 10 nitrogen and oxygen atoms in total. The third-order valence-electron chi connectivity index (χ3n) is 8.43. The summed E-state index contributed by atoms with van der Waals surface area (Å²) < 4.78 is 9.88. The number of nitrogens with zero attached hydrogens (tertiary/aromatic N) is 6. The standard InChI is InChI=1S/C28H31N7O3/c1-17-12-28(15-33(16-28)18(2)36)7-6-24(17)35-14-19-10-21(25(11-22(19)32-35)38-20-4-5-20)27(37)31-23-13-30-34-9-3-8-29-26(23)34/h3,8-11,13-14,17,20,24H,4-7,12,15-16H2,1-2H3,(H,31,37)/t17-,24-/m1/s1. The molecule has 3 fully saturated rings. The summed E-state index contributed by atoms with van der Waals surface area (Å²) in [4.78, 5) is 31.4. The van der Waals surface area contributed by atoms with E-state index in [1.54, 1.807) is 36.1 Å². The van der Waals surface area contributed by atoms with Crippen LogP contribution in [-0.2, 0) is 4.79 Å². The first-order valence-electron chi connectivity index (χ1n) is 13.4. The number of carbonyl (C=O) groups is 2. The van der Waals surface area contributed by atoms with Gasteiger partial charge in [-0.2, -0.15) is 10.2 Å². The van der Waals surface area contributed by atoms with Crippen LogP contribution in [0.2, 0.25) is 0 Å². The van der Waals surface area contributed by atoms with Crippen molar-refractivity contribution in [1.29, 1.82) is 0 Å². The van der Waals surface area contributed by atoms with E-state index in [4.69, 9.17) is 9.84 Å². The van der Waals surface area contributed by atoms with Crippen LogP contribution in [0.1, 0.15) is 62.4 Å². The van der Waals surface area contributed by atoms with Crippen LogP contribution in [0.4, 0.5) is 5.69 Å². The lowest BCUT2D eigenvalue weighted by Gasteiger charge is -2.55. The van der Waals surface area contributed by atoms with Gasteiger partial charge in [-0.1, -0.05) is 6.92 Å². The number of hydrogen-bond acceptors (Lipinski definition) is 6. The molecule has 10 heteroatoms. The van der Waals surface area contributed by atoms with Crippen LogP contribution in [0.15, 0.2) is 43.0 Å². The highest BCUT2D eigenvalue weighted by Gasteiger charge is 2.48. The number of rotatable bonds is 5. The topological polar surface area (TPSA) is 107 Å². The molecule has 1 aromatic carbocycles. The van der Waals surface area contributed by atoms with Crippen molar-refractivity contribution in [2.75, 3.05) is 18.4 Å². The predicted octanol–water partition coefficient (Wildman–Crippen LogP) is 4.08. The van der Waals surface area contributed by atoms with Crippen molar-refractivity contribution in [3.05, 3.63) is 48.5 Å². The van der Waals surface area contributed by atoms with Gasteiger partial charge in [0.25, 0.3) is 5.91 Å². The summed E-state index contributed by atoms with van der Waals surface area (Å²) in [5, 5.41) is 13.1. The Kier molecular flexibility index (Phi) is 5.21. The molecule has 3 aliphatic rings. The fourth-order valence-corrected chi connectivity index (χ4v) is 6.31. The molecule has 4 aromatic rings. The van der Waals surface area contributed by atoms with Crippen LogP contribution >= 0.6 is 0 Å². The van der Waals surface area contributed by atoms with E-state index in [1.165, 1.54) is 0 Å². The van der Waals surface area contributed by atoms with Crippen molar-refractivity contribution < 1.29 is 14.3 Å². The molecule has 2 amide bonds. The average Bonchev–Trinajstić information content (AvgIpc) is 3.46. The SMILES string of the molecule is CC(=O)N1CC2(CC[C@@H](n3cc4cc(C(=O)Nc5cnn6cccnc56)c(OC5CC5)cc4n3)[C@H](C)C2)C1. The van der Waals surface area contributed by atoms with E-state index >= 15 is 0 Å². The van der Waals surface area contributed by atoms with Crippen molar-refractivity contribution in [2.45, 2.75) is 58.1 Å². The Labute approximate surface area is 220 Å². The maximum absolute atomic E-state index is 13.5. The number of ether oxygens (including phenoxy) is 1. The summed E-state index contributed by atoms with van der Waals surface area (Å²) in [6.07, 6.45) is 12.5. The van der Waals surface area contributed by atoms with E-state index in [9.17, 15) is 9.59 Å². The first kappa shape index (κ1) is 23.2. The van der Waals surface area contributed by atoms with Crippen molar-refractivity contribution in [1.82, 2.24) is 29.3 Å². The molecule has 2 atom stereocenters. The molecule has 7 rings (SSSR count). The van der Waals surface area contributed by atoms with Crippen LogP contribution in [0.3, 0.4) is 0 Å². The summed E-state index contributed by atoms with van der Waals surface area (Å²) in [7, 11) is 0. The van der Waals surface area contributed by atoms with Crippen LogP contribution < -0.4 is 10.1 Å². The van der Waals surface area contributed by atoms with Gasteiger partial charge in [0.15, 0.2) is 5.65 Å². The zero-order valence-electron chi connectivity index (χ0n) is 21.6. The third kappa shape index (κ3) is 3.99. The second kappa shape index (κ2) is 8.54. The van der Waals surface area contributed by atoms with Gasteiger partial charge >= 0.3 is 0 Å². The summed E-state index contributed by atoms with van der Waals surface area (Å²) in [5.41, 5.74) is 2.70. The van der Waals surface area contributed by atoms with Gasteiger partial charge in [0.2, 0.25) is 5.91 Å². The van der Waals surface area contributed by atoms with Gasteiger partial charge in [-0.15, -0.1) is 0 Å². The number of fused-ring (bicyclic) bond motifs is 2. The number of hydrogen-bond donors (Lipinski definition) is 1. The zero-order valence-corrected chi connectivity index (χ0v) is 21.6. The van der Waals surface area contributed by atoms with Crippen LogP contribution in [0.5, 0.6) is 5.75 Å². The van der Waals surface area contributed by atoms with Gasteiger partial charge in [0.1, 0.15) is 11.4 Å². The monoisotopic (exact) mass is 513 g/mol. The van der Waals surface area contributed by atoms with Crippen molar-refractivity contribution in [3.63, 3.8) is 0 Å². The quantitative estimate of drug-likeness (QED) is 0.431. The third-order valence-corrected chi connectivity index (χ3v) is 8.43. The number of amides is 2. The molecule has 2 saturated carbocycles. The van der Waals surface area contributed by atoms with E-state index < -0.39 is 0 Å². The summed E-state index contributed by atoms with van der Waals surface area (Å²) >= 11 is 0. The average molecular weight is 514 g/mol. The highest BCUT2D eigenvalue weighted by Crippen LogP contribution is 2.49. The number of aromatic nitrogens is 5. The fraction of sp³-hybridized carbons (Fsp3) is 0.464. The molecule has 0 radical (unpaired) electrons. The lowest BCUT2D eigenvalue weighted by atomic mass is 9.64. The Balaban J connectivity index is 1.16. The molecule has 196 valence electrons. The van der Waals surface area contributed by atoms with Gasteiger partial charge in [0, 0.05) is 55.5 Å². The molecule has 0 unspecified atom stereocenters. The number of carbonyl (C=O) groups excluding carboxylic acids is 2. The Morgan fingerprint density at radius 3 is 2.79 bits per heavy atom. The first-order chi connectivity index (χ1) is 18.4. The van der Waals surface area contributed by atoms with E-state index in [2.05, 4.69) is 33.2 Å². The Morgan fingerprint density at radius 2 is 2.03 bits per heavy atom. The zero-order chi connectivity index (χ0) is 26.0. The van der Waals surface area contributed by atoms with E-state index in [1.807, 2.05) is 17.0 Å². The summed E-state index contributed by atoms with van der Waals surface area (Å²) in [6, 6.07) is 5.86. The second-order valence-electron chi connectivity index (χ2n) is 11.4. The molecule has 38 heavy (non-hydrogen) atoms. The van der Waals surface area contributed by atoms with Gasteiger partial charge in [-0.05, 0) is 50.2 Å². The minimum Gasteiger partial charge on any atom is -0.490 e. The lowest BCUT2D eigenvalue weighted by molar-refractivity contribution is -0.145. The van der Waals surface area contributed by atoms with E-state index in [0.717, 1.165) is 56.1 Å². The lowest BCUT2D eigenvalue weighted by Crippen LogP contribution is -2.60. The van der Waals surface area contributed by atoms with Gasteiger partial charge in [-0.25, -0.2) is 9.50 Å². The molecular formula is C28H31N7O3. The predicted molar refractivity (Wildman–Crippen MR) is 141 cm³/mol. The number of benzene rings is 1. The number of likely N-dealkylation sites (tertiary alicyclic amines) is 1. The molecule has 1 spiro atoms. The fourth-order valence-electron chi connectivity index (χ4n) is 6.31. The highest BCUT2D eigenvalue weighted by atomic mass is 16.5. The van der Waals surface area contributed by atoms with E-state index in [0.29, 0.717) is 28.6 Å². The largest absolute Gasteiger partial charge is 0.490 e. The van der Waals surface area contributed by atoms with Crippen LogP contribution in [0.25, 0.3) is 16.6 Å². The first-order valence-corrected chi connectivity index (χ1v) is 13.4.